The first-order valence-electron chi connectivity index (χ1n) is 6.67. The van der Waals surface area contributed by atoms with Crippen LogP contribution in [0, 0.1) is 5.41 Å². The molecule has 2 heterocycles. The molecule has 1 N–H and O–H groups in total. The number of hydrogen-bond donors (Lipinski definition) is 1. The van der Waals surface area contributed by atoms with Gasteiger partial charge in [0, 0.05) is 19.3 Å². The summed E-state index contributed by atoms with van der Waals surface area (Å²) in [5.74, 6) is -0.638. The molecule has 0 radical (unpaired) electrons. The van der Waals surface area contributed by atoms with Gasteiger partial charge < -0.3 is 14.7 Å². The third kappa shape index (κ3) is 2.99. The molecule has 2 saturated heterocycles. The van der Waals surface area contributed by atoms with E-state index in [4.69, 9.17) is 4.74 Å². The van der Waals surface area contributed by atoms with E-state index in [2.05, 4.69) is 4.90 Å². The topological polar surface area (TPSA) is 49.8 Å². The minimum absolute atomic E-state index is 0.502. The molecule has 2 aliphatic heterocycles. The lowest BCUT2D eigenvalue weighted by atomic mass is 9.80. The Hall–Kier alpha value is -0.610. The first-order chi connectivity index (χ1) is 8.12. The molecule has 2 rings (SSSR count). The van der Waals surface area contributed by atoms with Gasteiger partial charge in [-0.3, -0.25) is 4.79 Å². The number of rotatable bonds is 2. The average molecular weight is 241 g/mol. The van der Waals surface area contributed by atoms with Crippen molar-refractivity contribution in [1.82, 2.24) is 4.90 Å². The number of hydrogen-bond acceptors (Lipinski definition) is 3. The van der Waals surface area contributed by atoms with E-state index in [1.165, 1.54) is 6.42 Å². The molecule has 1 unspecified atom stereocenters. The molecule has 17 heavy (non-hydrogen) atoms. The van der Waals surface area contributed by atoms with Crippen LogP contribution in [0.25, 0.3) is 0 Å². The minimum atomic E-state index is -0.638. The lowest BCUT2D eigenvalue weighted by Crippen LogP contribution is -2.47. The van der Waals surface area contributed by atoms with E-state index in [-0.39, 0.29) is 0 Å². The Morgan fingerprint density at radius 3 is 2.65 bits per heavy atom. The molecule has 2 fully saturated rings. The van der Waals surface area contributed by atoms with Crippen molar-refractivity contribution in [3.8, 4) is 0 Å². The maximum Gasteiger partial charge on any atom is 0.309 e. The molecule has 0 bridgehead atoms. The molecule has 0 aliphatic carbocycles. The molecular formula is C13H23NO3. The molecule has 0 aromatic rings. The Morgan fingerprint density at radius 2 is 2.00 bits per heavy atom. The predicted molar refractivity (Wildman–Crippen MR) is 65.0 cm³/mol. The third-order valence-electron chi connectivity index (χ3n) is 4.36. The van der Waals surface area contributed by atoms with E-state index in [1.807, 2.05) is 6.92 Å². The van der Waals surface area contributed by atoms with E-state index in [0.717, 1.165) is 52.0 Å². The van der Waals surface area contributed by atoms with Crippen molar-refractivity contribution in [3.63, 3.8) is 0 Å². The summed E-state index contributed by atoms with van der Waals surface area (Å²) in [5, 5.41) is 9.20. The van der Waals surface area contributed by atoms with Crippen LogP contribution in [0.15, 0.2) is 0 Å². The number of piperidine rings is 1. The van der Waals surface area contributed by atoms with Gasteiger partial charge in [0.2, 0.25) is 0 Å². The van der Waals surface area contributed by atoms with E-state index in [9.17, 15) is 9.90 Å². The fourth-order valence-corrected chi connectivity index (χ4v) is 2.85. The summed E-state index contributed by atoms with van der Waals surface area (Å²) in [5.41, 5.74) is -0.502. The summed E-state index contributed by atoms with van der Waals surface area (Å²) < 4.78 is 5.47. The number of ether oxygens (including phenoxy) is 1. The van der Waals surface area contributed by atoms with E-state index >= 15 is 0 Å². The molecule has 4 nitrogen and oxygen atoms in total. The van der Waals surface area contributed by atoms with Crippen LogP contribution in [-0.2, 0) is 9.53 Å². The van der Waals surface area contributed by atoms with Gasteiger partial charge >= 0.3 is 5.97 Å². The minimum Gasteiger partial charge on any atom is -0.481 e. The monoisotopic (exact) mass is 241 g/mol. The van der Waals surface area contributed by atoms with Crippen molar-refractivity contribution in [3.05, 3.63) is 0 Å². The Morgan fingerprint density at radius 1 is 1.29 bits per heavy atom. The lowest BCUT2D eigenvalue weighted by Gasteiger charge is -2.40. The summed E-state index contributed by atoms with van der Waals surface area (Å²) in [6, 6.07) is 0.607. The van der Waals surface area contributed by atoms with Crippen LogP contribution in [0.2, 0.25) is 0 Å². The molecule has 98 valence electrons. The standard InChI is InChI=1S/C13H23NO3/c1-13(12(15)16)5-7-14(8-6-13)11-3-2-9-17-10-4-11/h11H,2-10H2,1H3,(H,15,16). The van der Waals surface area contributed by atoms with Gasteiger partial charge in [-0.2, -0.15) is 0 Å². The fraction of sp³-hybridized carbons (Fsp3) is 0.923. The van der Waals surface area contributed by atoms with Crippen molar-refractivity contribution >= 4 is 5.97 Å². The van der Waals surface area contributed by atoms with Crippen molar-refractivity contribution < 1.29 is 14.6 Å². The summed E-state index contributed by atoms with van der Waals surface area (Å²) in [6.45, 7) is 5.47. The summed E-state index contributed by atoms with van der Waals surface area (Å²) in [4.78, 5) is 13.6. The van der Waals surface area contributed by atoms with E-state index in [1.54, 1.807) is 0 Å². The summed E-state index contributed by atoms with van der Waals surface area (Å²) >= 11 is 0. The number of carboxylic acids is 1. The van der Waals surface area contributed by atoms with E-state index in [0.29, 0.717) is 6.04 Å². The number of aliphatic carboxylic acids is 1. The Kier molecular flexibility index (Phi) is 4.05. The van der Waals surface area contributed by atoms with Crippen LogP contribution in [0.1, 0.15) is 39.0 Å². The Labute approximate surface area is 103 Å². The van der Waals surface area contributed by atoms with Crippen LogP contribution in [0.3, 0.4) is 0 Å². The molecule has 0 spiro atoms. The molecule has 0 aromatic carbocycles. The fourth-order valence-electron chi connectivity index (χ4n) is 2.85. The largest absolute Gasteiger partial charge is 0.481 e. The second-order valence-electron chi connectivity index (χ2n) is 5.60. The second kappa shape index (κ2) is 5.36. The molecule has 4 heteroatoms. The van der Waals surface area contributed by atoms with Crippen LogP contribution in [-0.4, -0.2) is 48.3 Å². The number of carbonyl (C=O) groups is 1. The first kappa shape index (κ1) is 12.8. The number of nitrogens with zero attached hydrogens (tertiary/aromatic N) is 1. The Balaban J connectivity index is 1.87. The Bertz CT molecular complexity index is 264. The second-order valence-corrected chi connectivity index (χ2v) is 5.60. The average Bonchev–Trinajstić information content (AvgIpc) is 2.58. The number of carboxylic acid groups (broad SMARTS) is 1. The zero-order valence-corrected chi connectivity index (χ0v) is 10.7. The highest BCUT2D eigenvalue weighted by atomic mass is 16.5. The maximum atomic E-state index is 11.2. The highest BCUT2D eigenvalue weighted by molar-refractivity contribution is 5.74. The van der Waals surface area contributed by atoms with Crippen molar-refractivity contribution in [2.45, 2.75) is 45.1 Å². The van der Waals surface area contributed by atoms with Crippen molar-refractivity contribution in [2.24, 2.45) is 5.41 Å². The van der Waals surface area contributed by atoms with Gasteiger partial charge in [0.1, 0.15) is 0 Å². The van der Waals surface area contributed by atoms with Gasteiger partial charge in [-0.25, -0.2) is 0 Å². The zero-order valence-electron chi connectivity index (χ0n) is 10.7. The highest BCUT2D eigenvalue weighted by Gasteiger charge is 2.38. The van der Waals surface area contributed by atoms with Crippen molar-refractivity contribution in [2.75, 3.05) is 26.3 Å². The quantitative estimate of drug-likeness (QED) is 0.800. The van der Waals surface area contributed by atoms with Crippen LogP contribution < -0.4 is 0 Å². The molecule has 0 saturated carbocycles. The van der Waals surface area contributed by atoms with Crippen molar-refractivity contribution in [1.29, 1.82) is 0 Å². The zero-order chi connectivity index (χ0) is 12.3. The van der Waals surface area contributed by atoms with Gasteiger partial charge in [-0.05, 0) is 52.1 Å². The SMILES string of the molecule is CC1(C(=O)O)CCN(C2CCCOCC2)CC1. The smallest absolute Gasteiger partial charge is 0.309 e. The van der Waals surface area contributed by atoms with E-state index < -0.39 is 11.4 Å². The van der Waals surface area contributed by atoms with Gasteiger partial charge in [0.25, 0.3) is 0 Å². The van der Waals surface area contributed by atoms with Gasteiger partial charge in [0.05, 0.1) is 5.41 Å². The summed E-state index contributed by atoms with van der Waals surface area (Å²) in [6.07, 6.45) is 4.99. The maximum absolute atomic E-state index is 11.2. The molecule has 1 atom stereocenters. The molecule has 0 aromatic heterocycles. The van der Waals surface area contributed by atoms with Gasteiger partial charge in [-0.15, -0.1) is 0 Å². The molecular weight excluding hydrogens is 218 g/mol. The van der Waals surface area contributed by atoms with Crippen LogP contribution in [0.5, 0.6) is 0 Å². The van der Waals surface area contributed by atoms with Gasteiger partial charge in [-0.1, -0.05) is 0 Å². The lowest BCUT2D eigenvalue weighted by molar-refractivity contribution is -0.151. The van der Waals surface area contributed by atoms with Crippen LogP contribution in [0.4, 0.5) is 0 Å². The van der Waals surface area contributed by atoms with Crippen LogP contribution >= 0.6 is 0 Å². The predicted octanol–water partition coefficient (Wildman–Crippen LogP) is 1.74. The third-order valence-corrected chi connectivity index (χ3v) is 4.36. The molecule has 2 aliphatic rings. The number of likely N-dealkylation sites (tertiary alicyclic amines) is 1. The first-order valence-corrected chi connectivity index (χ1v) is 6.67. The highest BCUT2D eigenvalue weighted by Crippen LogP contribution is 2.33. The summed E-state index contributed by atoms with van der Waals surface area (Å²) in [7, 11) is 0. The van der Waals surface area contributed by atoms with Gasteiger partial charge in [0.15, 0.2) is 0 Å². The molecule has 0 amide bonds. The normalized spacial score (nSPS) is 30.8.